The van der Waals surface area contributed by atoms with Crippen LogP contribution in [0, 0.1) is 17.0 Å². The van der Waals surface area contributed by atoms with Crippen LogP contribution in [0.25, 0.3) is 0 Å². The fourth-order valence-electron chi connectivity index (χ4n) is 2.27. The molecular formula is C18H20N2O4. The van der Waals surface area contributed by atoms with Crippen molar-refractivity contribution in [2.45, 2.75) is 26.3 Å². The largest absolute Gasteiger partial charge is 0.484 e. The van der Waals surface area contributed by atoms with Crippen molar-refractivity contribution in [2.24, 2.45) is 0 Å². The summed E-state index contributed by atoms with van der Waals surface area (Å²) in [7, 11) is 0. The van der Waals surface area contributed by atoms with Gasteiger partial charge in [0.25, 0.3) is 11.6 Å². The molecule has 0 aliphatic carbocycles. The molecule has 0 aliphatic rings. The third-order valence-corrected chi connectivity index (χ3v) is 3.64. The number of carbonyl (C=O) groups is 1. The molecule has 1 atom stereocenters. The molecular weight excluding hydrogens is 308 g/mol. The maximum atomic E-state index is 12.1. The second-order valence-corrected chi connectivity index (χ2v) is 5.48. The number of benzene rings is 2. The average Bonchev–Trinajstić information content (AvgIpc) is 2.59. The predicted molar refractivity (Wildman–Crippen MR) is 90.9 cm³/mol. The Morgan fingerprint density at radius 2 is 1.79 bits per heavy atom. The van der Waals surface area contributed by atoms with Crippen LogP contribution in [0.2, 0.25) is 0 Å². The Morgan fingerprint density at radius 1 is 1.17 bits per heavy atom. The fraction of sp³-hybridized carbons (Fsp3) is 0.278. The number of hydrogen-bond donors (Lipinski definition) is 1. The van der Waals surface area contributed by atoms with Crippen LogP contribution in [-0.4, -0.2) is 17.4 Å². The molecule has 0 saturated heterocycles. The van der Waals surface area contributed by atoms with E-state index in [0.717, 1.165) is 12.0 Å². The first-order valence-electron chi connectivity index (χ1n) is 7.72. The van der Waals surface area contributed by atoms with E-state index >= 15 is 0 Å². The maximum Gasteiger partial charge on any atom is 0.269 e. The van der Waals surface area contributed by atoms with Gasteiger partial charge in [-0.15, -0.1) is 0 Å². The molecule has 0 unspecified atom stereocenters. The molecule has 0 fully saturated rings. The van der Waals surface area contributed by atoms with Crippen molar-refractivity contribution in [1.82, 2.24) is 5.32 Å². The van der Waals surface area contributed by atoms with Gasteiger partial charge in [0.1, 0.15) is 5.75 Å². The third-order valence-electron chi connectivity index (χ3n) is 3.64. The highest BCUT2D eigenvalue weighted by Gasteiger charge is 2.13. The van der Waals surface area contributed by atoms with E-state index < -0.39 is 4.92 Å². The maximum absolute atomic E-state index is 12.1. The summed E-state index contributed by atoms with van der Waals surface area (Å²) in [4.78, 5) is 22.2. The number of nitro groups is 1. The molecule has 0 spiro atoms. The number of nitrogens with zero attached hydrogens (tertiary/aromatic N) is 1. The Hall–Kier alpha value is -2.89. The summed E-state index contributed by atoms with van der Waals surface area (Å²) < 4.78 is 5.37. The van der Waals surface area contributed by atoms with Crippen LogP contribution in [-0.2, 0) is 4.79 Å². The summed E-state index contributed by atoms with van der Waals surface area (Å²) in [6.07, 6.45) is 0.770. The highest BCUT2D eigenvalue weighted by molar-refractivity contribution is 5.78. The van der Waals surface area contributed by atoms with Crippen molar-refractivity contribution in [3.05, 3.63) is 69.8 Å². The van der Waals surface area contributed by atoms with Gasteiger partial charge in [0.2, 0.25) is 0 Å². The number of nitrogens with one attached hydrogen (secondary N) is 1. The summed E-state index contributed by atoms with van der Waals surface area (Å²) >= 11 is 0. The van der Waals surface area contributed by atoms with Crippen molar-refractivity contribution in [1.29, 1.82) is 0 Å². The van der Waals surface area contributed by atoms with E-state index in [9.17, 15) is 14.9 Å². The molecule has 0 aromatic heterocycles. The number of aryl methyl sites for hydroxylation is 1. The Bertz CT molecular complexity index is 696. The highest BCUT2D eigenvalue weighted by atomic mass is 16.6. The fourth-order valence-corrected chi connectivity index (χ4v) is 2.27. The summed E-state index contributed by atoms with van der Waals surface area (Å²) in [5.41, 5.74) is 2.20. The number of carbonyl (C=O) groups excluding carboxylic acids is 1. The van der Waals surface area contributed by atoms with Crippen molar-refractivity contribution >= 4 is 11.6 Å². The van der Waals surface area contributed by atoms with Crippen molar-refractivity contribution in [3.63, 3.8) is 0 Å². The van der Waals surface area contributed by atoms with Crippen LogP contribution < -0.4 is 10.1 Å². The van der Waals surface area contributed by atoms with Crippen LogP contribution in [0.15, 0.2) is 48.5 Å². The Morgan fingerprint density at radius 3 is 2.33 bits per heavy atom. The first-order chi connectivity index (χ1) is 11.5. The monoisotopic (exact) mass is 328 g/mol. The molecule has 6 nitrogen and oxygen atoms in total. The van der Waals surface area contributed by atoms with Crippen molar-refractivity contribution < 1.29 is 14.5 Å². The minimum Gasteiger partial charge on any atom is -0.484 e. The first-order valence-corrected chi connectivity index (χ1v) is 7.72. The van der Waals surface area contributed by atoms with Gasteiger partial charge in [-0.2, -0.15) is 0 Å². The molecule has 0 saturated carbocycles. The third kappa shape index (κ3) is 4.81. The van der Waals surface area contributed by atoms with E-state index in [1.54, 1.807) is 0 Å². The molecule has 0 heterocycles. The van der Waals surface area contributed by atoms with E-state index in [1.807, 2.05) is 38.1 Å². The van der Waals surface area contributed by atoms with Gasteiger partial charge in [-0.1, -0.05) is 36.8 Å². The molecule has 0 aliphatic heterocycles. The van der Waals surface area contributed by atoms with Gasteiger partial charge >= 0.3 is 0 Å². The second kappa shape index (κ2) is 8.10. The standard InChI is InChI=1S/C18H20N2O4/c1-3-17(14-6-4-13(2)5-7-14)19-18(21)12-24-16-10-8-15(9-11-16)20(22)23/h4-11,17H,3,12H2,1-2H3,(H,19,21)/t17-/m1/s1. The summed E-state index contributed by atoms with van der Waals surface area (Å²) in [6.45, 7) is 3.88. The summed E-state index contributed by atoms with van der Waals surface area (Å²) in [5.74, 6) is 0.180. The quantitative estimate of drug-likeness (QED) is 0.622. The average molecular weight is 328 g/mol. The molecule has 2 rings (SSSR count). The molecule has 2 aromatic rings. The molecule has 0 bridgehead atoms. The molecule has 6 heteroatoms. The van der Waals surface area contributed by atoms with Gasteiger partial charge in [0.15, 0.2) is 6.61 Å². The Balaban J connectivity index is 1.89. The molecule has 126 valence electrons. The lowest BCUT2D eigenvalue weighted by Crippen LogP contribution is -2.32. The van der Waals surface area contributed by atoms with Crippen molar-refractivity contribution in [3.8, 4) is 5.75 Å². The van der Waals surface area contributed by atoms with E-state index in [4.69, 9.17) is 4.74 Å². The zero-order chi connectivity index (χ0) is 17.5. The van der Waals surface area contributed by atoms with Crippen LogP contribution in [0.4, 0.5) is 5.69 Å². The SMILES string of the molecule is CC[C@@H](NC(=O)COc1ccc([N+](=O)[O-])cc1)c1ccc(C)cc1. The van der Waals surface area contributed by atoms with E-state index in [0.29, 0.717) is 5.75 Å². The minimum atomic E-state index is -0.482. The summed E-state index contributed by atoms with van der Waals surface area (Å²) in [6, 6.07) is 13.6. The van der Waals surface area contributed by atoms with Gasteiger partial charge in [0, 0.05) is 12.1 Å². The van der Waals surface area contributed by atoms with E-state index in [1.165, 1.54) is 29.8 Å². The smallest absolute Gasteiger partial charge is 0.269 e. The van der Waals surface area contributed by atoms with Crippen LogP contribution >= 0.6 is 0 Å². The molecule has 1 amide bonds. The van der Waals surface area contributed by atoms with Gasteiger partial charge in [-0.3, -0.25) is 14.9 Å². The molecule has 2 aromatic carbocycles. The highest BCUT2D eigenvalue weighted by Crippen LogP contribution is 2.18. The van der Waals surface area contributed by atoms with Gasteiger partial charge in [-0.05, 0) is 31.0 Å². The Kier molecular flexibility index (Phi) is 5.89. The molecule has 1 N–H and O–H groups in total. The normalized spacial score (nSPS) is 11.6. The number of non-ortho nitro benzene ring substituents is 1. The zero-order valence-electron chi connectivity index (χ0n) is 13.7. The van der Waals surface area contributed by atoms with E-state index in [2.05, 4.69) is 5.32 Å². The second-order valence-electron chi connectivity index (χ2n) is 5.48. The van der Waals surface area contributed by atoms with Gasteiger partial charge < -0.3 is 10.1 Å². The van der Waals surface area contributed by atoms with E-state index in [-0.39, 0.29) is 24.2 Å². The first kappa shape index (κ1) is 17.5. The number of hydrogen-bond acceptors (Lipinski definition) is 4. The minimum absolute atomic E-state index is 0.0165. The predicted octanol–water partition coefficient (Wildman–Crippen LogP) is 3.55. The zero-order valence-corrected chi connectivity index (χ0v) is 13.7. The topological polar surface area (TPSA) is 81.5 Å². The lowest BCUT2D eigenvalue weighted by Gasteiger charge is -2.18. The van der Waals surface area contributed by atoms with Gasteiger partial charge in [-0.25, -0.2) is 0 Å². The molecule has 24 heavy (non-hydrogen) atoms. The number of nitro benzene ring substituents is 1. The van der Waals surface area contributed by atoms with Gasteiger partial charge in [0.05, 0.1) is 11.0 Å². The lowest BCUT2D eigenvalue weighted by molar-refractivity contribution is -0.384. The van der Waals surface area contributed by atoms with Crippen molar-refractivity contribution in [2.75, 3.05) is 6.61 Å². The number of amides is 1. The Labute approximate surface area is 140 Å². The lowest BCUT2D eigenvalue weighted by atomic mass is 10.0. The number of rotatable bonds is 7. The van der Waals surface area contributed by atoms with Crippen LogP contribution in [0.1, 0.15) is 30.5 Å². The van der Waals surface area contributed by atoms with Crippen LogP contribution in [0.5, 0.6) is 5.75 Å². The van der Waals surface area contributed by atoms with Crippen LogP contribution in [0.3, 0.4) is 0 Å². The summed E-state index contributed by atoms with van der Waals surface area (Å²) in [5, 5.41) is 13.5. The molecule has 0 radical (unpaired) electrons. The number of ether oxygens (including phenoxy) is 1.